The fraction of sp³-hybridized carbons (Fsp3) is 0.105. The summed E-state index contributed by atoms with van der Waals surface area (Å²) in [5.74, 6) is -2.40. The van der Waals surface area contributed by atoms with Crippen molar-refractivity contribution in [2.24, 2.45) is 5.10 Å². The highest BCUT2D eigenvalue weighted by molar-refractivity contribution is 7.17. The minimum atomic E-state index is -4.95. The van der Waals surface area contributed by atoms with Crippen LogP contribution in [-0.2, 0) is 4.79 Å². The van der Waals surface area contributed by atoms with Crippen molar-refractivity contribution >= 4 is 44.6 Å². The molecule has 3 aromatic rings. The van der Waals surface area contributed by atoms with E-state index in [4.69, 9.17) is 0 Å². The number of benzene rings is 2. The van der Waals surface area contributed by atoms with Crippen LogP contribution in [-0.4, -0.2) is 23.7 Å². The number of halogens is 3. The molecule has 0 bridgehead atoms. The second kappa shape index (κ2) is 7.81. The van der Waals surface area contributed by atoms with Crippen LogP contribution < -0.4 is 10.7 Å². The first kappa shape index (κ1) is 19.6. The van der Waals surface area contributed by atoms with E-state index in [1.54, 1.807) is 17.6 Å². The second-order valence-electron chi connectivity index (χ2n) is 5.81. The molecule has 0 aliphatic carbocycles. The number of anilines is 1. The average molecular weight is 405 g/mol. The van der Waals surface area contributed by atoms with Gasteiger partial charge in [0.05, 0.1) is 11.3 Å². The molecule has 1 aromatic heterocycles. The van der Waals surface area contributed by atoms with Gasteiger partial charge >= 0.3 is 12.1 Å². The molecule has 9 heteroatoms. The van der Waals surface area contributed by atoms with Crippen molar-refractivity contribution < 1.29 is 22.8 Å². The van der Waals surface area contributed by atoms with Crippen LogP contribution in [0.3, 0.4) is 0 Å². The Hall–Kier alpha value is -3.20. The summed E-state index contributed by atoms with van der Waals surface area (Å²) in [5.41, 5.74) is 4.05. The monoisotopic (exact) mass is 405 g/mol. The minimum absolute atomic E-state index is 0.00709. The van der Waals surface area contributed by atoms with Crippen molar-refractivity contribution in [2.75, 3.05) is 5.32 Å². The highest BCUT2D eigenvalue weighted by Crippen LogP contribution is 2.25. The molecule has 0 saturated heterocycles. The van der Waals surface area contributed by atoms with Gasteiger partial charge in [0.15, 0.2) is 0 Å². The van der Waals surface area contributed by atoms with Crippen molar-refractivity contribution in [1.82, 2.24) is 5.43 Å². The van der Waals surface area contributed by atoms with Gasteiger partial charge < -0.3 is 5.32 Å². The molecule has 3 rings (SSSR count). The van der Waals surface area contributed by atoms with Gasteiger partial charge in [0.25, 0.3) is 5.91 Å². The Morgan fingerprint density at radius 2 is 1.71 bits per heavy atom. The van der Waals surface area contributed by atoms with E-state index < -0.39 is 12.1 Å². The lowest BCUT2D eigenvalue weighted by Gasteiger charge is -2.08. The lowest BCUT2D eigenvalue weighted by molar-refractivity contribution is -0.167. The standard InChI is InChI=1S/C19H14F3N3O2S/c1-11(12-6-8-13(9-7-12)23-18(27)19(20,21)22)24-25-17(26)15-10-28-16-5-3-2-4-14(15)16/h2-10H,1H3,(H,23,27)(H,25,26). The van der Waals surface area contributed by atoms with E-state index in [0.717, 1.165) is 10.1 Å². The number of nitrogens with zero attached hydrogens (tertiary/aromatic N) is 1. The fourth-order valence-corrected chi connectivity index (χ4v) is 3.35. The summed E-state index contributed by atoms with van der Waals surface area (Å²) in [4.78, 5) is 23.3. The van der Waals surface area contributed by atoms with Gasteiger partial charge in [-0.3, -0.25) is 9.59 Å². The van der Waals surface area contributed by atoms with Gasteiger partial charge in [-0.1, -0.05) is 30.3 Å². The molecule has 0 fully saturated rings. The van der Waals surface area contributed by atoms with Crippen LogP contribution in [0.1, 0.15) is 22.8 Å². The van der Waals surface area contributed by atoms with Gasteiger partial charge in [0, 0.05) is 21.2 Å². The van der Waals surface area contributed by atoms with E-state index in [-0.39, 0.29) is 11.6 Å². The Balaban J connectivity index is 1.68. The maximum absolute atomic E-state index is 12.4. The molecule has 1 heterocycles. The van der Waals surface area contributed by atoms with Gasteiger partial charge in [0.1, 0.15) is 0 Å². The SMILES string of the molecule is CC(=NNC(=O)c1csc2ccccc12)c1ccc(NC(=O)C(F)(F)F)cc1. The molecule has 0 atom stereocenters. The zero-order valence-electron chi connectivity index (χ0n) is 14.5. The number of carbonyl (C=O) groups excluding carboxylic acids is 2. The van der Waals surface area contributed by atoms with E-state index in [0.29, 0.717) is 16.8 Å². The average Bonchev–Trinajstić information content (AvgIpc) is 3.10. The number of carbonyl (C=O) groups is 2. The van der Waals surface area contributed by atoms with Gasteiger partial charge in [-0.05, 0) is 30.7 Å². The Morgan fingerprint density at radius 3 is 2.39 bits per heavy atom. The van der Waals surface area contributed by atoms with E-state index in [1.807, 2.05) is 24.3 Å². The summed E-state index contributed by atoms with van der Waals surface area (Å²) in [7, 11) is 0. The van der Waals surface area contributed by atoms with Crippen molar-refractivity contribution in [3.63, 3.8) is 0 Å². The number of alkyl halides is 3. The van der Waals surface area contributed by atoms with Crippen LogP contribution in [0.4, 0.5) is 18.9 Å². The Morgan fingerprint density at radius 1 is 1.04 bits per heavy atom. The third-order valence-electron chi connectivity index (χ3n) is 3.87. The van der Waals surface area contributed by atoms with Gasteiger partial charge in [-0.25, -0.2) is 5.43 Å². The molecule has 2 N–H and O–H groups in total. The number of hydrazone groups is 1. The first-order valence-electron chi connectivity index (χ1n) is 8.05. The third kappa shape index (κ3) is 4.37. The molecule has 5 nitrogen and oxygen atoms in total. The van der Waals surface area contributed by atoms with Crippen LogP contribution in [0.25, 0.3) is 10.1 Å². The summed E-state index contributed by atoms with van der Waals surface area (Å²) in [6, 6.07) is 13.2. The lowest BCUT2D eigenvalue weighted by atomic mass is 10.1. The third-order valence-corrected chi connectivity index (χ3v) is 4.83. The molecule has 144 valence electrons. The van der Waals surface area contributed by atoms with E-state index in [9.17, 15) is 22.8 Å². The van der Waals surface area contributed by atoms with Crippen molar-refractivity contribution in [3.05, 3.63) is 65.0 Å². The lowest BCUT2D eigenvalue weighted by Crippen LogP contribution is -2.29. The number of amides is 2. The van der Waals surface area contributed by atoms with Crippen molar-refractivity contribution in [3.8, 4) is 0 Å². The van der Waals surface area contributed by atoms with Crippen LogP contribution in [0.15, 0.2) is 59.0 Å². The zero-order chi connectivity index (χ0) is 20.3. The predicted molar refractivity (Wildman–Crippen MR) is 103 cm³/mol. The summed E-state index contributed by atoms with van der Waals surface area (Å²) >= 11 is 1.46. The quantitative estimate of drug-likeness (QED) is 0.494. The molecule has 0 aliphatic rings. The van der Waals surface area contributed by atoms with Crippen LogP contribution in [0, 0.1) is 0 Å². The first-order valence-corrected chi connectivity index (χ1v) is 8.93. The minimum Gasteiger partial charge on any atom is -0.318 e. The van der Waals surface area contributed by atoms with Crippen molar-refractivity contribution in [1.29, 1.82) is 0 Å². The highest BCUT2D eigenvalue weighted by Gasteiger charge is 2.38. The van der Waals surface area contributed by atoms with Crippen LogP contribution in [0.2, 0.25) is 0 Å². The van der Waals surface area contributed by atoms with Crippen LogP contribution in [0.5, 0.6) is 0 Å². The molecule has 0 spiro atoms. The molecule has 2 amide bonds. The summed E-state index contributed by atoms with van der Waals surface area (Å²) < 4.78 is 37.8. The zero-order valence-corrected chi connectivity index (χ0v) is 15.3. The van der Waals surface area contributed by atoms with Crippen molar-refractivity contribution in [2.45, 2.75) is 13.1 Å². The molecule has 2 aromatic carbocycles. The number of hydrogen-bond acceptors (Lipinski definition) is 4. The number of fused-ring (bicyclic) bond motifs is 1. The molecule has 0 unspecified atom stereocenters. The van der Waals surface area contributed by atoms with E-state index in [1.165, 1.54) is 35.6 Å². The number of rotatable bonds is 4. The Kier molecular flexibility index (Phi) is 5.46. The summed E-state index contributed by atoms with van der Waals surface area (Å²) in [6.07, 6.45) is -4.95. The molecule has 0 aliphatic heterocycles. The first-order chi connectivity index (χ1) is 13.3. The molecule has 0 saturated carbocycles. The summed E-state index contributed by atoms with van der Waals surface area (Å²) in [5, 5.41) is 8.39. The highest BCUT2D eigenvalue weighted by atomic mass is 32.1. The molecule has 28 heavy (non-hydrogen) atoms. The fourth-order valence-electron chi connectivity index (χ4n) is 2.41. The maximum Gasteiger partial charge on any atom is 0.471 e. The maximum atomic E-state index is 12.4. The number of nitrogens with one attached hydrogen (secondary N) is 2. The second-order valence-corrected chi connectivity index (χ2v) is 6.72. The van der Waals surface area contributed by atoms with E-state index in [2.05, 4.69) is 10.5 Å². The van der Waals surface area contributed by atoms with E-state index >= 15 is 0 Å². The Bertz CT molecular complexity index is 1060. The molecular weight excluding hydrogens is 391 g/mol. The number of hydrogen-bond donors (Lipinski definition) is 2. The number of thiophene rings is 1. The predicted octanol–water partition coefficient (Wildman–Crippen LogP) is 4.56. The Labute approximate surface area is 161 Å². The van der Waals surface area contributed by atoms with Crippen LogP contribution >= 0.6 is 11.3 Å². The smallest absolute Gasteiger partial charge is 0.318 e. The van der Waals surface area contributed by atoms with Gasteiger partial charge in [-0.2, -0.15) is 18.3 Å². The topological polar surface area (TPSA) is 70.6 Å². The van der Waals surface area contributed by atoms with Gasteiger partial charge in [-0.15, -0.1) is 11.3 Å². The largest absolute Gasteiger partial charge is 0.471 e. The van der Waals surface area contributed by atoms with Gasteiger partial charge in [0.2, 0.25) is 0 Å². The summed E-state index contributed by atoms with van der Waals surface area (Å²) in [6.45, 7) is 1.65. The molecular formula is C19H14F3N3O2S. The normalized spacial score (nSPS) is 12.1. The molecule has 0 radical (unpaired) electrons.